The molecule has 0 spiro atoms. The smallest absolute Gasteiger partial charge is 0.272 e. The van der Waals surface area contributed by atoms with E-state index < -0.39 is 0 Å². The van der Waals surface area contributed by atoms with E-state index in [2.05, 4.69) is 46.4 Å². The number of hydrogen-bond donors (Lipinski definition) is 1. The van der Waals surface area contributed by atoms with E-state index in [1.54, 1.807) is 12.3 Å². The molecule has 0 saturated carbocycles. The molecule has 122 valence electrons. The standard InChI is InChI=1S/C19H20N4O/c1-13-15(11-14-5-3-2-4-6-14)9-10-23(13)19(24)17-8-7-16-18(21-17)12-20-22-16/h2-8,12-13,15H,9-11H2,1H3,(H,20,22). The quantitative estimate of drug-likeness (QED) is 0.807. The van der Waals surface area contributed by atoms with Crippen molar-refractivity contribution in [3.63, 3.8) is 0 Å². The lowest BCUT2D eigenvalue weighted by Crippen LogP contribution is -2.36. The van der Waals surface area contributed by atoms with E-state index in [4.69, 9.17) is 0 Å². The number of aromatic nitrogens is 3. The van der Waals surface area contributed by atoms with Gasteiger partial charge in [-0.05, 0) is 43.4 Å². The zero-order valence-corrected chi connectivity index (χ0v) is 13.6. The minimum Gasteiger partial charge on any atom is -0.334 e. The lowest BCUT2D eigenvalue weighted by atomic mass is 9.93. The van der Waals surface area contributed by atoms with Crippen molar-refractivity contribution in [3.8, 4) is 0 Å². The first-order valence-electron chi connectivity index (χ1n) is 8.37. The molecular formula is C19H20N4O. The Hall–Kier alpha value is -2.69. The highest BCUT2D eigenvalue weighted by Gasteiger charge is 2.34. The van der Waals surface area contributed by atoms with Gasteiger partial charge in [-0.15, -0.1) is 0 Å². The average molecular weight is 320 g/mol. The van der Waals surface area contributed by atoms with Gasteiger partial charge in [0.2, 0.25) is 0 Å². The van der Waals surface area contributed by atoms with Crippen LogP contribution >= 0.6 is 0 Å². The molecule has 0 bridgehead atoms. The van der Waals surface area contributed by atoms with Crippen LogP contribution in [0.2, 0.25) is 0 Å². The number of nitrogens with zero attached hydrogens (tertiary/aromatic N) is 3. The first-order valence-corrected chi connectivity index (χ1v) is 8.37. The van der Waals surface area contributed by atoms with Gasteiger partial charge in [-0.2, -0.15) is 5.10 Å². The highest BCUT2D eigenvalue weighted by atomic mass is 16.2. The van der Waals surface area contributed by atoms with Gasteiger partial charge >= 0.3 is 0 Å². The van der Waals surface area contributed by atoms with Gasteiger partial charge < -0.3 is 4.90 Å². The van der Waals surface area contributed by atoms with Gasteiger partial charge in [0.15, 0.2) is 0 Å². The molecule has 3 heterocycles. The van der Waals surface area contributed by atoms with Crippen LogP contribution in [0.25, 0.3) is 11.0 Å². The van der Waals surface area contributed by atoms with Crippen molar-refractivity contribution in [1.29, 1.82) is 0 Å². The molecule has 0 aliphatic carbocycles. The number of carbonyl (C=O) groups excluding carboxylic acids is 1. The van der Waals surface area contributed by atoms with E-state index in [0.29, 0.717) is 11.6 Å². The fourth-order valence-corrected chi connectivity index (χ4v) is 3.58. The van der Waals surface area contributed by atoms with E-state index in [1.165, 1.54) is 5.56 Å². The third-order valence-corrected chi connectivity index (χ3v) is 5.03. The summed E-state index contributed by atoms with van der Waals surface area (Å²) in [7, 11) is 0. The van der Waals surface area contributed by atoms with Crippen LogP contribution in [0.15, 0.2) is 48.7 Å². The minimum atomic E-state index is 0.0150. The number of rotatable bonds is 3. The molecule has 3 aromatic rings. The summed E-state index contributed by atoms with van der Waals surface area (Å²) in [5.74, 6) is 0.509. The summed E-state index contributed by atoms with van der Waals surface area (Å²) in [4.78, 5) is 19.3. The first kappa shape index (κ1) is 14.9. The van der Waals surface area contributed by atoms with Crippen molar-refractivity contribution in [2.45, 2.75) is 25.8 Å². The largest absolute Gasteiger partial charge is 0.334 e. The van der Waals surface area contributed by atoms with Crippen molar-refractivity contribution in [2.24, 2.45) is 5.92 Å². The maximum atomic E-state index is 12.9. The van der Waals surface area contributed by atoms with Crippen molar-refractivity contribution >= 4 is 16.9 Å². The molecular weight excluding hydrogens is 300 g/mol. The monoisotopic (exact) mass is 320 g/mol. The van der Waals surface area contributed by atoms with Crippen LogP contribution in [-0.4, -0.2) is 38.6 Å². The van der Waals surface area contributed by atoms with Gasteiger partial charge in [-0.3, -0.25) is 9.89 Å². The van der Waals surface area contributed by atoms with Gasteiger partial charge in [0.1, 0.15) is 11.2 Å². The normalized spacial score (nSPS) is 20.6. The molecule has 1 aliphatic rings. The molecule has 1 aromatic carbocycles. The maximum Gasteiger partial charge on any atom is 0.272 e. The summed E-state index contributed by atoms with van der Waals surface area (Å²) in [6.45, 7) is 2.94. The Balaban J connectivity index is 1.51. The Bertz CT molecular complexity index is 858. The topological polar surface area (TPSA) is 61.9 Å². The van der Waals surface area contributed by atoms with Gasteiger partial charge in [-0.1, -0.05) is 30.3 Å². The summed E-state index contributed by atoms with van der Waals surface area (Å²) < 4.78 is 0. The van der Waals surface area contributed by atoms with Crippen molar-refractivity contribution in [1.82, 2.24) is 20.1 Å². The molecule has 1 fully saturated rings. The van der Waals surface area contributed by atoms with Crippen molar-refractivity contribution < 1.29 is 4.79 Å². The van der Waals surface area contributed by atoms with Gasteiger partial charge in [0, 0.05) is 12.6 Å². The predicted molar refractivity (Wildman–Crippen MR) is 92.6 cm³/mol. The molecule has 24 heavy (non-hydrogen) atoms. The number of benzene rings is 1. The summed E-state index contributed by atoms with van der Waals surface area (Å²) in [5.41, 5.74) is 3.41. The maximum absolute atomic E-state index is 12.9. The molecule has 2 aromatic heterocycles. The molecule has 5 nitrogen and oxygen atoms in total. The van der Waals surface area contributed by atoms with E-state index in [9.17, 15) is 4.79 Å². The number of hydrogen-bond acceptors (Lipinski definition) is 3. The Morgan fingerprint density at radius 1 is 1.25 bits per heavy atom. The highest BCUT2D eigenvalue weighted by Crippen LogP contribution is 2.28. The van der Waals surface area contributed by atoms with Crippen molar-refractivity contribution in [2.75, 3.05) is 6.54 Å². The second-order valence-electron chi connectivity index (χ2n) is 6.48. The number of pyridine rings is 1. The van der Waals surface area contributed by atoms with Crippen LogP contribution in [-0.2, 0) is 6.42 Å². The molecule has 2 unspecified atom stereocenters. The molecule has 0 radical (unpaired) electrons. The van der Waals surface area contributed by atoms with Gasteiger partial charge in [0.25, 0.3) is 5.91 Å². The Kier molecular flexibility index (Phi) is 3.76. The third kappa shape index (κ3) is 2.66. The molecule has 1 aliphatic heterocycles. The Morgan fingerprint density at radius 2 is 2.08 bits per heavy atom. The molecule has 2 atom stereocenters. The number of aromatic amines is 1. The van der Waals surface area contributed by atoms with Crippen LogP contribution in [0.5, 0.6) is 0 Å². The van der Waals surface area contributed by atoms with Crippen LogP contribution in [0.4, 0.5) is 0 Å². The Morgan fingerprint density at radius 3 is 2.92 bits per heavy atom. The molecule has 4 rings (SSSR count). The molecule has 1 N–H and O–H groups in total. The lowest BCUT2D eigenvalue weighted by Gasteiger charge is -2.24. The average Bonchev–Trinajstić information content (AvgIpc) is 3.22. The summed E-state index contributed by atoms with van der Waals surface area (Å²) in [5, 5.41) is 6.82. The zero-order valence-electron chi connectivity index (χ0n) is 13.6. The number of fused-ring (bicyclic) bond motifs is 1. The number of amides is 1. The number of likely N-dealkylation sites (tertiary alicyclic amines) is 1. The van der Waals surface area contributed by atoms with Crippen LogP contribution in [0.3, 0.4) is 0 Å². The number of H-pyrrole nitrogens is 1. The van der Waals surface area contributed by atoms with Gasteiger partial charge in [0.05, 0.1) is 11.7 Å². The minimum absolute atomic E-state index is 0.0150. The highest BCUT2D eigenvalue weighted by molar-refractivity contribution is 5.94. The Labute approximate surface area is 140 Å². The van der Waals surface area contributed by atoms with Gasteiger partial charge in [-0.25, -0.2) is 4.98 Å². The van der Waals surface area contributed by atoms with E-state index in [-0.39, 0.29) is 11.9 Å². The fraction of sp³-hybridized carbons (Fsp3) is 0.316. The van der Waals surface area contributed by atoms with Crippen LogP contribution < -0.4 is 0 Å². The summed E-state index contributed by atoms with van der Waals surface area (Å²) >= 11 is 0. The fourth-order valence-electron chi connectivity index (χ4n) is 3.58. The molecule has 1 saturated heterocycles. The number of nitrogens with one attached hydrogen (secondary N) is 1. The van der Waals surface area contributed by atoms with Crippen molar-refractivity contribution in [3.05, 3.63) is 59.9 Å². The van der Waals surface area contributed by atoms with Crippen LogP contribution in [0.1, 0.15) is 29.4 Å². The lowest BCUT2D eigenvalue weighted by molar-refractivity contribution is 0.0726. The number of carbonyl (C=O) groups is 1. The first-order chi connectivity index (χ1) is 11.7. The zero-order chi connectivity index (χ0) is 16.5. The summed E-state index contributed by atoms with van der Waals surface area (Å²) in [6, 6.07) is 14.4. The SMILES string of the molecule is CC1C(Cc2ccccc2)CCN1C(=O)c1ccc2[nH]ncc2n1. The van der Waals surface area contributed by atoms with E-state index >= 15 is 0 Å². The third-order valence-electron chi connectivity index (χ3n) is 5.03. The molecule has 5 heteroatoms. The second kappa shape index (κ2) is 6.07. The predicted octanol–water partition coefficient (Wildman–Crippen LogP) is 3.05. The van der Waals surface area contributed by atoms with E-state index in [0.717, 1.165) is 30.4 Å². The van der Waals surface area contributed by atoms with E-state index in [1.807, 2.05) is 17.0 Å². The summed E-state index contributed by atoms with van der Waals surface area (Å²) in [6.07, 6.45) is 3.70. The van der Waals surface area contributed by atoms with Crippen LogP contribution in [0, 0.1) is 5.92 Å². The second-order valence-corrected chi connectivity index (χ2v) is 6.48. The molecule has 1 amide bonds.